The Labute approximate surface area is 106 Å². The van der Waals surface area contributed by atoms with E-state index in [2.05, 4.69) is 15.3 Å². The molecule has 0 amide bonds. The first-order valence-electron chi connectivity index (χ1n) is 5.22. The molecule has 19 heavy (non-hydrogen) atoms. The van der Waals surface area contributed by atoms with Crippen LogP contribution in [0.2, 0.25) is 0 Å². The Hall–Kier alpha value is -2.97. The third kappa shape index (κ3) is 2.83. The molecule has 2 N–H and O–H groups in total. The fourth-order valence-electron chi connectivity index (χ4n) is 1.51. The SMILES string of the molecule is O=[N+]([O-])c1ccc(NCc2cnc[nH]2)c([N+](=O)[O-])c1. The van der Waals surface area contributed by atoms with Crippen molar-refractivity contribution in [3.05, 3.63) is 56.6 Å². The minimum absolute atomic E-state index is 0.213. The zero-order valence-corrected chi connectivity index (χ0v) is 9.57. The molecule has 98 valence electrons. The van der Waals surface area contributed by atoms with Gasteiger partial charge in [-0.05, 0) is 6.07 Å². The van der Waals surface area contributed by atoms with Crippen LogP contribution in [-0.2, 0) is 6.54 Å². The van der Waals surface area contributed by atoms with Gasteiger partial charge in [0.1, 0.15) is 5.69 Å². The fraction of sp³-hybridized carbons (Fsp3) is 0.100. The smallest absolute Gasteiger partial charge is 0.299 e. The van der Waals surface area contributed by atoms with Gasteiger partial charge >= 0.3 is 0 Å². The summed E-state index contributed by atoms with van der Waals surface area (Å²) in [5.74, 6) is 0. The van der Waals surface area contributed by atoms with Gasteiger partial charge in [-0.25, -0.2) is 4.98 Å². The zero-order chi connectivity index (χ0) is 13.8. The van der Waals surface area contributed by atoms with E-state index >= 15 is 0 Å². The van der Waals surface area contributed by atoms with Crippen LogP contribution in [0.1, 0.15) is 5.69 Å². The van der Waals surface area contributed by atoms with Gasteiger partial charge in [-0.1, -0.05) is 0 Å². The summed E-state index contributed by atoms with van der Waals surface area (Å²) in [5, 5.41) is 24.3. The van der Waals surface area contributed by atoms with Crippen molar-refractivity contribution in [1.82, 2.24) is 9.97 Å². The van der Waals surface area contributed by atoms with Crippen molar-refractivity contribution in [2.24, 2.45) is 0 Å². The number of nitrogens with zero attached hydrogens (tertiary/aromatic N) is 3. The molecular weight excluding hydrogens is 254 g/mol. The van der Waals surface area contributed by atoms with Crippen molar-refractivity contribution in [2.45, 2.75) is 6.54 Å². The van der Waals surface area contributed by atoms with E-state index in [0.717, 1.165) is 11.8 Å². The van der Waals surface area contributed by atoms with Crippen LogP contribution in [0.25, 0.3) is 0 Å². The first-order valence-corrected chi connectivity index (χ1v) is 5.22. The summed E-state index contributed by atoms with van der Waals surface area (Å²) in [5.41, 5.74) is 0.297. The zero-order valence-electron chi connectivity index (χ0n) is 9.57. The second kappa shape index (κ2) is 5.12. The number of nitrogens with one attached hydrogen (secondary N) is 2. The average molecular weight is 263 g/mol. The maximum atomic E-state index is 10.9. The third-order valence-corrected chi connectivity index (χ3v) is 2.41. The van der Waals surface area contributed by atoms with E-state index in [1.807, 2.05) is 0 Å². The molecule has 0 fully saturated rings. The van der Waals surface area contributed by atoms with Gasteiger partial charge in [0.05, 0.1) is 34.5 Å². The van der Waals surface area contributed by atoms with Crippen LogP contribution in [0.15, 0.2) is 30.7 Å². The standard InChI is InChI=1S/C10H9N5O4/c16-14(17)8-1-2-9(10(3-8)15(18)19)12-5-7-4-11-6-13-7/h1-4,6,12H,5H2,(H,11,13). The van der Waals surface area contributed by atoms with Crippen molar-refractivity contribution < 1.29 is 9.85 Å². The first-order chi connectivity index (χ1) is 9.08. The second-order valence-corrected chi connectivity index (χ2v) is 3.65. The minimum Gasteiger partial charge on any atom is -0.374 e. The summed E-state index contributed by atoms with van der Waals surface area (Å²) in [4.78, 5) is 26.8. The van der Waals surface area contributed by atoms with Gasteiger partial charge in [-0.2, -0.15) is 0 Å². The molecule has 2 aromatic rings. The molecule has 0 radical (unpaired) electrons. The maximum absolute atomic E-state index is 10.9. The molecule has 0 unspecified atom stereocenters. The van der Waals surface area contributed by atoms with E-state index in [1.54, 1.807) is 6.20 Å². The summed E-state index contributed by atoms with van der Waals surface area (Å²) in [6.07, 6.45) is 3.06. The van der Waals surface area contributed by atoms with Crippen molar-refractivity contribution >= 4 is 17.1 Å². The maximum Gasteiger partial charge on any atom is 0.299 e. The number of rotatable bonds is 5. The first kappa shape index (κ1) is 12.5. The Bertz CT molecular complexity index is 610. The normalized spacial score (nSPS) is 10.1. The Kier molecular flexibility index (Phi) is 3.37. The molecule has 9 heteroatoms. The minimum atomic E-state index is -0.675. The molecule has 0 saturated carbocycles. The van der Waals surface area contributed by atoms with Crippen LogP contribution in [0.5, 0.6) is 0 Å². The highest BCUT2D eigenvalue weighted by molar-refractivity contribution is 5.65. The number of benzene rings is 1. The van der Waals surface area contributed by atoms with E-state index in [0.29, 0.717) is 6.54 Å². The molecule has 0 spiro atoms. The predicted octanol–water partition coefficient (Wildman–Crippen LogP) is 1.84. The number of nitro groups is 2. The lowest BCUT2D eigenvalue weighted by molar-refractivity contribution is -0.393. The lowest BCUT2D eigenvalue weighted by Gasteiger charge is -2.05. The van der Waals surface area contributed by atoms with Crippen molar-refractivity contribution in [3.63, 3.8) is 0 Å². The summed E-state index contributed by atoms with van der Waals surface area (Å²) in [7, 11) is 0. The number of hydrogen-bond acceptors (Lipinski definition) is 6. The van der Waals surface area contributed by atoms with Crippen molar-refractivity contribution in [3.8, 4) is 0 Å². The number of aromatic amines is 1. The third-order valence-electron chi connectivity index (χ3n) is 2.41. The number of nitro benzene ring substituents is 2. The van der Waals surface area contributed by atoms with E-state index < -0.39 is 9.85 Å². The number of hydrogen-bond donors (Lipinski definition) is 2. The summed E-state index contributed by atoms with van der Waals surface area (Å²) >= 11 is 0. The van der Waals surface area contributed by atoms with Gasteiger partial charge in [0, 0.05) is 12.3 Å². The molecule has 1 aromatic carbocycles. The van der Waals surface area contributed by atoms with E-state index in [-0.39, 0.29) is 17.1 Å². The van der Waals surface area contributed by atoms with Crippen molar-refractivity contribution in [1.29, 1.82) is 0 Å². The van der Waals surface area contributed by atoms with Crippen LogP contribution in [-0.4, -0.2) is 19.8 Å². The van der Waals surface area contributed by atoms with Gasteiger partial charge in [-0.3, -0.25) is 20.2 Å². The fourth-order valence-corrected chi connectivity index (χ4v) is 1.51. The van der Waals surface area contributed by atoms with Crippen LogP contribution in [0.3, 0.4) is 0 Å². The van der Waals surface area contributed by atoms with Crippen LogP contribution < -0.4 is 5.32 Å². The molecule has 0 aliphatic heterocycles. The lowest BCUT2D eigenvalue weighted by Crippen LogP contribution is -2.03. The van der Waals surface area contributed by atoms with Gasteiger partial charge in [0.15, 0.2) is 0 Å². The topological polar surface area (TPSA) is 127 Å². The lowest BCUT2D eigenvalue weighted by atomic mass is 10.2. The Morgan fingerprint density at radius 3 is 2.63 bits per heavy atom. The highest BCUT2D eigenvalue weighted by Crippen LogP contribution is 2.29. The van der Waals surface area contributed by atoms with E-state index in [1.165, 1.54) is 18.5 Å². The largest absolute Gasteiger partial charge is 0.374 e. The van der Waals surface area contributed by atoms with E-state index in [4.69, 9.17) is 0 Å². The molecule has 1 aromatic heterocycles. The van der Waals surface area contributed by atoms with Gasteiger partial charge in [0.25, 0.3) is 11.4 Å². The molecule has 0 aliphatic rings. The van der Waals surface area contributed by atoms with Crippen LogP contribution >= 0.6 is 0 Å². The monoisotopic (exact) mass is 263 g/mol. The number of H-pyrrole nitrogens is 1. The molecule has 0 saturated heterocycles. The molecule has 1 heterocycles. The number of imidazole rings is 1. The average Bonchev–Trinajstić information content (AvgIpc) is 2.89. The van der Waals surface area contributed by atoms with Gasteiger partial charge in [-0.15, -0.1) is 0 Å². The molecule has 9 nitrogen and oxygen atoms in total. The molecule has 2 rings (SSSR count). The second-order valence-electron chi connectivity index (χ2n) is 3.65. The number of anilines is 1. The molecule has 0 aliphatic carbocycles. The Morgan fingerprint density at radius 2 is 2.05 bits per heavy atom. The Balaban J connectivity index is 2.24. The number of aromatic nitrogens is 2. The quantitative estimate of drug-likeness (QED) is 0.625. The van der Waals surface area contributed by atoms with Gasteiger partial charge in [0.2, 0.25) is 0 Å². The number of non-ortho nitro benzene ring substituents is 1. The van der Waals surface area contributed by atoms with E-state index in [9.17, 15) is 20.2 Å². The highest BCUT2D eigenvalue weighted by Gasteiger charge is 2.19. The van der Waals surface area contributed by atoms with Crippen LogP contribution in [0, 0.1) is 20.2 Å². The van der Waals surface area contributed by atoms with Crippen molar-refractivity contribution in [2.75, 3.05) is 5.32 Å². The predicted molar refractivity (Wildman–Crippen MR) is 65.7 cm³/mol. The Morgan fingerprint density at radius 1 is 1.26 bits per heavy atom. The molecular formula is C10H9N5O4. The molecule has 0 atom stereocenters. The summed E-state index contributed by atoms with van der Waals surface area (Å²) in [6, 6.07) is 3.45. The van der Waals surface area contributed by atoms with Crippen LogP contribution in [0.4, 0.5) is 17.1 Å². The van der Waals surface area contributed by atoms with Gasteiger partial charge < -0.3 is 10.3 Å². The molecule has 0 bridgehead atoms. The summed E-state index contributed by atoms with van der Waals surface area (Å²) < 4.78 is 0. The summed E-state index contributed by atoms with van der Waals surface area (Å²) in [6.45, 7) is 0.304. The highest BCUT2D eigenvalue weighted by atomic mass is 16.6.